The van der Waals surface area contributed by atoms with Gasteiger partial charge in [0.25, 0.3) is 5.24 Å². The van der Waals surface area contributed by atoms with Crippen molar-refractivity contribution in [1.29, 1.82) is 0 Å². The third kappa shape index (κ3) is 2.50. The highest BCUT2D eigenvalue weighted by Gasteiger charge is 2.10. The SMILES string of the molecule is Cc1cccc(F)c1Cn1cc(C(=O)Cl)nn1. The molecule has 1 aromatic heterocycles. The molecule has 0 N–H and O–H groups in total. The molecule has 88 valence electrons. The van der Waals surface area contributed by atoms with Crippen molar-refractivity contribution in [2.45, 2.75) is 13.5 Å². The molecule has 0 aliphatic heterocycles. The van der Waals surface area contributed by atoms with E-state index in [4.69, 9.17) is 11.6 Å². The number of carbonyl (C=O) groups is 1. The first-order valence-electron chi connectivity index (χ1n) is 4.92. The molecule has 0 radical (unpaired) electrons. The van der Waals surface area contributed by atoms with Crippen molar-refractivity contribution in [1.82, 2.24) is 15.0 Å². The predicted octanol–water partition coefficient (Wildman–Crippen LogP) is 2.15. The largest absolute Gasteiger partial charge is 0.274 e. The molecule has 0 unspecified atom stereocenters. The van der Waals surface area contributed by atoms with Crippen LogP contribution in [-0.4, -0.2) is 20.2 Å². The Labute approximate surface area is 102 Å². The van der Waals surface area contributed by atoms with Crippen LogP contribution in [0.1, 0.15) is 21.6 Å². The number of aromatic nitrogens is 3. The van der Waals surface area contributed by atoms with Gasteiger partial charge in [-0.05, 0) is 30.2 Å². The highest BCUT2D eigenvalue weighted by molar-refractivity contribution is 6.67. The highest BCUT2D eigenvalue weighted by atomic mass is 35.5. The average molecular weight is 254 g/mol. The summed E-state index contributed by atoms with van der Waals surface area (Å²) in [7, 11) is 0. The van der Waals surface area contributed by atoms with Crippen molar-refractivity contribution < 1.29 is 9.18 Å². The minimum Gasteiger partial charge on any atom is -0.274 e. The van der Waals surface area contributed by atoms with Gasteiger partial charge in [0.1, 0.15) is 5.82 Å². The van der Waals surface area contributed by atoms with E-state index in [1.807, 2.05) is 13.0 Å². The Morgan fingerprint density at radius 2 is 2.29 bits per heavy atom. The van der Waals surface area contributed by atoms with E-state index >= 15 is 0 Å². The van der Waals surface area contributed by atoms with Crippen LogP contribution >= 0.6 is 11.6 Å². The van der Waals surface area contributed by atoms with Crippen molar-refractivity contribution in [2.24, 2.45) is 0 Å². The molecular formula is C11H9ClFN3O. The van der Waals surface area contributed by atoms with Gasteiger partial charge in [-0.15, -0.1) is 5.10 Å². The van der Waals surface area contributed by atoms with Gasteiger partial charge in [0.15, 0.2) is 5.69 Å². The lowest BCUT2D eigenvalue weighted by atomic mass is 10.1. The summed E-state index contributed by atoms with van der Waals surface area (Å²) in [5, 5.41) is 6.61. The van der Waals surface area contributed by atoms with Crippen LogP contribution in [0.15, 0.2) is 24.4 Å². The van der Waals surface area contributed by atoms with Crippen LogP contribution in [0.5, 0.6) is 0 Å². The van der Waals surface area contributed by atoms with Crippen LogP contribution in [0.4, 0.5) is 4.39 Å². The topological polar surface area (TPSA) is 47.8 Å². The van der Waals surface area contributed by atoms with E-state index in [9.17, 15) is 9.18 Å². The summed E-state index contributed by atoms with van der Waals surface area (Å²) in [5.41, 5.74) is 1.39. The first-order chi connectivity index (χ1) is 8.08. The molecule has 1 aromatic carbocycles. The summed E-state index contributed by atoms with van der Waals surface area (Å²) < 4.78 is 14.9. The number of carbonyl (C=O) groups excluding carboxylic acids is 1. The van der Waals surface area contributed by atoms with Gasteiger partial charge in [-0.1, -0.05) is 17.3 Å². The molecule has 1 heterocycles. The van der Waals surface area contributed by atoms with Gasteiger partial charge in [0.2, 0.25) is 0 Å². The minimum absolute atomic E-state index is 0.0562. The van der Waals surface area contributed by atoms with Gasteiger partial charge in [0.05, 0.1) is 12.7 Å². The Morgan fingerprint density at radius 1 is 1.53 bits per heavy atom. The van der Waals surface area contributed by atoms with Crippen LogP contribution in [0.2, 0.25) is 0 Å². The lowest BCUT2D eigenvalue weighted by Crippen LogP contribution is -2.04. The number of benzene rings is 1. The maximum atomic E-state index is 13.5. The van der Waals surface area contributed by atoms with Crippen molar-refractivity contribution in [3.8, 4) is 0 Å². The Bertz CT molecular complexity index is 547. The predicted molar refractivity (Wildman–Crippen MR) is 60.4 cm³/mol. The first kappa shape index (κ1) is 11.7. The van der Waals surface area contributed by atoms with Gasteiger partial charge in [0, 0.05) is 5.56 Å². The second-order valence-corrected chi connectivity index (χ2v) is 3.95. The normalized spacial score (nSPS) is 10.5. The lowest BCUT2D eigenvalue weighted by Gasteiger charge is -2.06. The zero-order chi connectivity index (χ0) is 12.4. The Hall–Kier alpha value is -1.75. The summed E-state index contributed by atoms with van der Waals surface area (Å²) in [6.45, 7) is 2.03. The van der Waals surface area contributed by atoms with Gasteiger partial charge >= 0.3 is 0 Å². The zero-order valence-corrected chi connectivity index (χ0v) is 9.78. The van der Waals surface area contributed by atoms with Crippen LogP contribution in [0.3, 0.4) is 0 Å². The maximum Gasteiger partial charge on any atom is 0.274 e. The van der Waals surface area contributed by atoms with Gasteiger partial charge in [-0.3, -0.25) is 4.79 Å². The van der Waals surface area contributed by atoms with Gasteiger partial charge < -0.3 is 0 Å². The molecule has 6 heteroatoms. The maximum absolute atomic E-state index is 13.5. The molecule has 2 aromatic rings. The van der Waals surface area contributed by atoms with E-state index in [0.29, 0.717) is 5.56 Å². The first-order valence-corrected chi connectivity index (χ1v) is 5.29. The van der Waals surface area contributed by atoms with E-state index in [1.165, 1.54) is 16.9 Å². The molecule has 2 rings (SSSR count). The zero-order valence-electron chi connectivity index (χ0n) is 9.02. The van der Waals surface area contributed by atoms with Crippen molar-refractivity contribution >= 4 is 16.8 Å². The second-order valence-electron chi connectivity index (χ2n) is 3.61. The van der Waals surface area contributed by atoms with E-state index in [0.717, 1.165) is 5.56 Å². The summed E-state index contributed by atoms with van der Waals surface area (Å²) >= 11 is 5.25. The molecule has 0 aliphatic rings. The summed E-state index contributed by atoms with van der Waals surface area (Å²) in [4.78, 5) is 10.8. The lowest BCUT2D eigenvalue weighted by molar-refractivity contribution is 0.107. The molecule has 0 saturated heterocycles. The number of halogens is 2. The quantitative estimate of drug-likeness (QED) is 0.788. The molecule has 0 fully saturated rings. The summed E-state index contributed by atoms with van der Waals surface area (Å²) in [6, 6.07) is 4.83. The van der Waals surface area contributed by atoms with E-state index in [-0.39, 0.29) is 18.1 Å². The Morgan fingerprint density at radius 3 is 2.88 bits per heavy atom. The van der Waals surface area contributed by atoms with Crippen LogP contribution in [0, 0.1) is 12.7 Å². The Balaban J connectivity index is 2.28. The average Bonchev–Trinajstić information content (AvgIpc) is 2.72. The fourth-order valence-corrected chi connectivity index (χ4v) is 1.58. The number of hydrogen-bond acceptors (Lipinski definition) is 3. The molecule has 0 saturated carbocycles. The third-order valence-electron chi connectivity index (χ3n) is 2.41. The number of rotatable bonds is 3. The van der Waals surface area contributed by atoms with Crippen LogP contribution in [0.25, 0.3) is 0 Å². The van der Waals surface area contributed by atoms with Gasteiger partial charge in [-0.2, -0.15) is 0 Å². The smallest absolute Gasteiger partial charge is 0.274 e. The molecule has 0 aliphatic carbocycles. The molecule has 0 spiro atoms. The standard InChI is InChI=1S/C11H9ClFN3O/c1-7-3-2-4-9(13)8(7)5-16-6-10(11(12)17)14-15-16/h2-4,6H,5H2,1H3. The molecule has 17 heavy (non-hydrogen) atoms. The van der Waals surface area contributed by atoms with Crippen LogP contribution in [-0.2, 0) is 6.54 Å². The monoisotopic (exact) mass is 253 g/mol. The fourth-order valence-electron chi connectivity index (χ4n) is 1.49. The van der Waals surface area contributed by atoms with Gasteiger partial charge in [-0.25, -0.2) is 9.07 Å². The van der Waals surface area contributed by atoms with E-state index in [2.05, 4.69) is 10.3 Å². The molecule has 4 nitrogen and oxygen atoms in total. The summed E-state index contributed by atoms with van der Waals surface area (Å²) in [6.07, 6.45) is 1.39. The van der Waals surface area contributed by atoms with Crippen molar-refractivity contribution in [3.05, 3.63) is 47.0 Å². The number of aryl methyl sites for hydroxylation is 1. The molecular weight excluding hydrogens is 245 g/mol. The molecule has 0 atom stereocenters. The summed E-state index contributed by atoms with van der Waals surface area (Å²) in [5.74, 6) is -0.306. The minimum atomic E-state index is -0.679. The second kappa shape index (κ2) is 4.63. The number of nitrogens with zero attached hydrogens (tertiary/aromatic N) is 3. The van der Waals surface area contributed by atoms with E-state index < -0.39 is 5.24 Å². The highest BCUT2D eigenvalue weighted by Crippen LogP contribution is 2.14. The van der Waals surface area contributed by atoms with Crippen LogP contribution < -0.4 is 0 Å². The number of hydrogen-bond donors (Lipinski definition) is 0. The van der Waals surface area contributed by atoms with Crippen molar-refractivity contribution in [2.75, 3.05) is 0 Å². The van der Waals surface area contributed by atoms with Crippen molar-refractivity contribution in [3.63, 3.8) is 0 Å². The molecule has 0 bridgehead atoms. The Kier molecular flexibility index (Phi) is 3.19. The third-order valence-corrected chi connectivity index (χ3v) is 2.61. The fraction of sp³-hybridized carbons (Fsp3) is 0.182. The van der Waals surface area contributed by atoms with E-state index in [1.54, 1.807) is 6.07 Å². The molecule has 0 amide bonds.